The average Bonchev–Trinajstić information content (AvgIpc) is 3.73. The summed E-state index contributed by atoms with van der Waals surface area (Å²) in [5.41, 5.74) is 2.99. The predicted molar refractivity (Wildman–Crippen MR) is 118 cm³/mol. The third-order valence-electron chi connectivity index (χ3n) is 6.50. The van der Waals surface area contributed by atoms with Gasteiger partial charge in [0.15, 0.2) is 0 Å². The highest BCUT2D eigenvalue weighted by Crippen LogP contribution is 2.44. The number of hydrogen-bond acceptors (Lipinski definition) is 4. The number of rotatable bonds is 8. The van der Waals surface area contributed by atoms with Crippen LogP contribution in [0.15, 0.2) is 35.2 Å². The smallest absolute Gasteiger partial charge is 0.251 e. The molecular weight excluding hydrogens is 412 g/mol. The fourth-order valence-electron chi connectivity index (χ4n) is 4.33. The van der Waals surface area contributed by atoms with Gasteiger partial charge in [0.25, 0.3) is 5.91 Å². The molecule has 2 aromatic rings. The maximum atomic E-state index is 12.8. The maximum absolute atomic E-state index is 12.8. The van der Waals surface area contributed by atoms with Gasteiger partial charge in [-0.2, -0.15) is 9.40 Å². The lowest BCUT2D eigenvalue weighted by Crippen LogP contribution is -2.35. The van der Waals surface area contributed by atoms with Crippen LogP contribution in [0, 0.1) is 0 Å². The number of carbonyl (C=O) groups is 1. The molecule has 2 heterocycles. The Morgan fingerprint density at radius 1 is 1.00 bits per heavy atom. The van der Waals surface area contributed by atoms with Crippen LogP contribution in [0.2, 0.25) is 0 Å². The molecule has 1 saturated heterocycles. The Morgan fingerprint density at radius 2 is 1.68 bits per heavy atom. The van der Waals surface area contributed by atoms with Gasteiger partial charge in [-0.3, -0.25) is 9.48 Å². The van der Waals surface area contributed by atoms with Gasteiger partial charge < -0.3 is 5.32 Å². The topological polar surface area (TPSA) is 84.3 Å². The third kappa shape index (κ3) is 4.55. The Kier molecular flexibility index (Phi) is 5.60. The first-order chi connectivity index (χ1) is 15.0. The molecule has 1 aliphatic heterocycles. The number of hydrogen-bond donors (Lipinski definition) is 1. The largest absolute Gasteiger partial charge is 0.350 e. The van der Waals surface area contributed by atoms with E-state index in [1.807, 2.05) is 0 Å². The summed E-state index contributed by atoms with van der Waals surface area (Å²) in [5.74, 6) is 1.07. The molecule has 3 aliphatic rings. The molecule has 0 radical (unpaired) electrons. The summed E-state index contributed by atoms with van der Waals surface area (Å²) < 4.78 is 29.1. The number of carbonyl (C=O) groups excluding carboxylic acids is 1. The van der Waals surface area contributed by atoms with Crippen molar-refractivity contribution in [3.8, 4) is 0 Å². The second kappa shape index (κ2) is 8.39. The van der Waals surface area contributed by atoms with Crippen molar-refractivity contribution in [3.63, 3.8) is 0 Å². The van der Waals surface area contributed by atoms with Gasteiger partial charge in [-0.05, 0) is 68.9 Å². The number of aromatic nitrogens is 2. The molecule has 1 N–H and O–H groups in total. The van der Waals surface area contributed by atoms with Gasteiger partial charge in [-0.15, -0.1) is 0 Å². The van der Waals surface area contributed by atoms with Crippen LogP contribution in [-0.4, -0.2) is 48.0 Å². The summed E-state index contributed by atoms with van der Waals surface area (Å²) >= 11 is 0. The molecule has 2 saturated carbocycles. The molecule has 8 heteroatoms. The van der Waals surface area contributed by atoms with Gasteiger partial charge in [0.1, 0.15) is 0 Å². The van der Waals surface area contributed by atoms with Gasteiger partial charge in [0.05, 0.1) is 17.1 Å². The molecule has 3 fully saturated rings. The number of nitrogens with zero attached hydrogens (tertiary/aromatic N) is 3. The van der Waals surface area contributed by atoms with Gasteiger partial charge in [0.2, 0.25) is 10.0 Å². The van der Waals surface area contributed by atoms with E-state index in [1.54, 1.807) is 28.6 Å². The lowest BCUT2D eigenvalue weighted by molar-refractivity contribution is 0.0951. The van der Waals surface area contributed by atoms with E-state index in [9.17, 15) is 13.2 Å². The van der Waals surface area contributed by atoms with Crippen LogP contribution in [0.1, 0.15) is 78.5 Å². The van der Waals surface area contributed by atoms with Crippen molar-refractivity contribution in [1.82, 2.24) is 19.4 Å². The Labute approximate surface area is 183 Å². The number of benzene rings is 1. The molecular formula is C23H30N4O3S. The molecule has 1 aromatic carbocycles. The van der Waals surface area contributed by atoms with E-state index >= 15 is 0 Å². The van der Waals surface area contributed by atoms with Crippen molar-refractivity contribution in [2.45, 2.75) is 68.2 Å². The zero-order valence-electron chi connectivity index (χ0n) is 17.8. The fourth-order valence-corrected chi connectivity index (χ4v) is 5.84. The lowest BCUT2D eigenvalue weighted by Gasteiger charge is -2.25. The minimum absolute atomic E-state index is 0.190. The molecule has 0 spiro atoms. The molecule has 0 bridgehead atoms. The van der Waals surface area contributed by atoms with E-state index in [4.69, 9.17) is 5.10 Å². The van der Waals surface area contributed by atoms with Gasteiger partial charge in [0, 0.05) is 42.7 Å². The van der Waals surface area contributed by atoms with Gasteiger partial charge in [-0.25, -0.2) is 8.42 Å². The van der Waals surface area contributed by atoms with E-state index in [2.05, 4.69) is 16.1 Å². The van der Waals surface area contributed by atoms with E-state index in [-0.39, 0.29) is 10.8 Å². The monoisotopic (exact) mass is 442 g/mol. The summed E-state index contributed by atoms with van der Waals surface area (Å²) in [6.45, 7) is 2.30. The SMILES string of the molecule is O=C(NCCn1nc(C2CC2)cc1C1CC1)c1ccc(S(=O)(=O)N2CCCCC2)cc1. The second-order valence-corrected chi connectivity index (χ2v) is 10.9. The minimum atomic E-state index is -3.47. The highest BCUT2D eigenvalue weighted by molar-refractivity contribution is 7.89. The van der Waals surface area contributed by atoms with Crippen molar-refractivity contribution in [2.75, 3.05) is 19.6 Å². The zero-order chi connectivity index (χ0) is 21.4. The molecule has 166 valence electrons. The van der Waals surface area contributed by atoms with Crippen molar-refractivity contribution < 1.29 is 13.2 Å². The van der Waals surface area contributed by atoms with Crippen molar-refractivity contribution >= 4 is 15.9 Å². The Hall–Kier alpha value is -2.19. The predicted octanol–water partition coefficient (Wildman–Crippen LogP) is 3.24. The molecule has 31 heavy (non-hydrogen) atoms. The van der Waals surface area contributed by atoms with Crippen LogP contribution in [-0.2, 0) is 16.6 Å². The quantitative estimate of drug-likeness (QED) is 0.680. The number of piperidine rings is 1. The summed E-state index contributed by atoms with van der Waals surface area (Å²) in [5, 5.41) is 7.73. The first-order valence-corrected chi connectivity index (χ1v) is 12.9. The number of nitrogens with one attached hydrogen (secondary N) is 1. The molecule has 5 rings (SSSR count). The molecule has 0 unspecified atom stereocenters. The standard InChI is InChI=1S/C23H30N4O3S/c28-23(19-8-10-20(11-9-19)31(29,30)26-13-2-1-3-14-26)24-12-15-27-22(18-6-7-18)16-21(25-27)17-4-5-17/h8-11,16-18H,1-7,12-15H2,(H,24,28). The van der Waals surface area contributed by atoms with E-state index in [1.165, 1.54) is 37.1 Å². The first-order valence-electron chi connectivity index (χ1n) is 11.5. The number of sulfonamides is 1. The number of amides is 1. The second-order valence-electron chi connectivity index (χ2n) is 9.01. The van der Waals surface area contributed by atoms with E-state index < -0.39 is 10.0 Å². The van der Waals surface area contributed by atoms with E-state index in [0.29, 0.717) is 43.6 Å². The Balaban J connectivity index is 1.18. The van der Waals surface area contributed by atoms with E-state index in [0.717, 1.165) is 19.3 Å². The summed E-state index contributed by atoms with van der Waals surface area (Å²) in [6, 6.07) is 8.54. The summed E-state index contributed by atoms with van der Waals surface area (Å²) in [4.78, 5) is 12.8. The van der Waals surface area contributed by atoms with Crippen molar-refractivity contribution in [1.29, 1.82) is 0 Å². The zero-order valence-corrected chi connectivity index (χ0v) is 18.6. The third-order valence-corrected chi connectivity index (χ3v) is 8.41. The van der Waals surface area contributed by atoms with Crippen LogP contribution >= 0.6 is 0 Å². The van der Waals surface area contributed by atoms with Crippen molar-refractivity contribution in [3.05, 3.63) is 47.3 Å². The lowest BCUT2D eigenvalue weighted by atomic mass is 10.2. The van der Waals surface area contributed by atoms with Gasteiger partial charge >= 0.3 is 0 Å². The summed E-state index contributed by atoms with van der Waals surface area (Å²) in [6.07, 6.45) is 7.82. The highest BCUT2D eigenvalue weighted by atomic mass is 32.2. The normalized spacial score (nSPS) is 20.0. The summed E-state index contributed by atoms with van der Waals surface area (Å²) in [7, 11) is -3.47. The molecule has 1 aromatic heterocycles. The van der Waals surface area contributed by atoms with Crippen molar-refractivity contribution in [2.24, 2.45) is 0 Å². The Bertz CT molecular complexity index is 1050. The van der Waals surface area contributed by atoms with Crippen LogP contribution in [0.4, 0.5) is 0 Å². The minimum Gasteiger partial charge on any atom is -0.350 e. The molecule has 7 nitrogen and oxygen atoms in total. The molecule has 2 aliphatic carbocycles. The maximum Gasteiger partial charge on any atom is 0.251 e. The van der Waals surface area contributed by atoms with Crippen LogP contribution in [0.3, 0.4) is 0 Å². The van der Waals surface area contributed by atoms with Crippen LogP contribution in [0.25, 0.3) is 0 Å². The highest BCUT2D eigenvalue weighted by Gasteiger charge is 2.32. The molecule has 0 atom stereocenters. The first kappa shape index (κ1) is 20.7. The van der Waals surface area contributed by atoms with Gasteiger partial charge in [-0.1, -0.05) is 6.42 Å². The van der Waals surface area contributed by atoms with Crippen LogP contribution in [0.5, 0.6) is 0 Å². The Morgan fingerprint density at radius 3 is 2.32 bits per heavy atom. The van der Waals surface area contributed by atoms with Crippen LogP contribution < -0.4 is 5.32 Å². The fraction of sp³-hybridized carbons (Fsp3) is 0.565. The average molecular weight is 443 g/mol. The molecule has 1 amide bonds.